The lowest BCUT2D eigenvalue weighted by molar-refractivity contribution is 0.0956. The number of methoxy groups -OCH3 is 1. The van der Waals surface area contributed by atoms with E-state index >= 15 is 0 Å². The molecule has 0 radical (unpaired) electrons. The number of ether oxygens (including phenoxy) is 1. The fourth-order valence-corrected chi connectivity index (χ4v) is 1.92. The van der Waals surface area contributed by atoms with Gasteiger partial charge in [-0.25, -0.2) is 0 Å². The molecule has 0 spiro atoms. The van der Waals surface area contributed by atoms with E-state index in [9.17, 15) is 4.79 Å². The van der Waals surface area contributed by atoms with Crippen LogP contribution in [0.25, 0.3) is 0 Å². The molecule has 1 aromatic rings. The van der Waals surface area contributed by atoms with E-state index in [0.29, 0.717) is 37.5 Å². The second kappa shape index (κ2) is 8.39. The third-order valence-corrected chi connectivity index (χ3v) is 2.90. The summed E-state index contributed by atoms with van der Waals surface area (Å²) in [5.74, 6) is -0.142. The highest BCUT2D eigenvalue weighted by Gasteiger charge is 2.12. The van der Waals surface area contributed by atoms with Crippen molar-refractivity contribution in [2.24, 2.45) is 0 Å². The van der Waals surface area contributed by atoms with E-state index in [2.05, 4.69) is 5.32 Å². The van der Waals surface area contributed by atoms with Crippen LogP contribution in [0.2, 0.25) is 0 Å². The zero-order valence-electron chi connectivity index (χ0n) is 12.1. The Morgan fingerprint density at radius 2 is 2.20 bits per heavy atom. The Morgan fingerprint density at radius 3 is 2.75 bits per heavy atom. The highest BCUT2D eigenvalue weighted by molar-refractivity contribution is 5.96. The molecule has 0 unspecified atom stereocenters. The minimum absolute atomic E-state index is 0.0290. The molecule has 6 nitrogen and oxygen atoms in total. The maximum Gasteiger partial charge on any atom is 0.251 e. The number of aliphatic hydroxyl groups is 1. The Bertz CT molecular complexity index is 438. The fourth-order valence-electron chi connectivity index (χ4n) is 1.92. The number of nitrogens with one attached hydrogen (secondary N) is 1. The van der Waals surface area contributed by atoms with Crippen molar-refractivity contribution in [2.45, 2.75) is 6.92 Å². The molecule has 0 aliphatic heterocycles. The number of amides is 1. The molecule has 0 aliphatic rings. The number of nitrogens with two attached hydrogens (primary N) is 1. The number of carbonyl (C=O) groups excluding carboxylic acids is 1. The highest BCUT2D eigenvalue weighted by atomic mass is 16.5. The highest BCUT2D eigenvalue weighted by Crippen LogP contribution is 2.24. The molecule has 1 aromatic carbocycles. The van der Waals surface area contributed by atoms with Crippen molar-refractivity contribution >= 4 is 17.3 Å². The normalized spacial score (nSPS) is 10.3. The minimum Gasteiger partial charge on any atom is -0.397 e. The molecule has 0 heterocycles. The van der Waals surface area contributed by atoms with E-state index in [1.807, 2.05) is 11.8 Å². The maximum atomic E-state index is 11.7. The molecule has 0 saturated heterocycles. The summed E-state index contributed by atoms with van der Waals surface area (Å²) in [6.07, 6.45) is 0. The molecule has 0 bridgehead atoms. The third kappa shape index (κ3) is 4.40. The number of benzene rings is 1. The van der Waals surface area contributed by atoms with Crippen LogP contribution in [-0.4, -0.2) is 51.0 Å². The first-order valence-electron chi connectivity index (χ1n) is 6.66. The summed E-state index contributed by atoms with van der Waals surface area (Å²) in [5, 5.41) is 11.8. The van der Waals surface area contributed by atoms with E-state index in [1.54, 1.807) is 25.3 Å². The van der Waals surface area contributed by atoms with Gasteiger partial charge in [0, 0.05) is 32.3 Å². The summed E-state index contributed by atoms with van der Waals surface area (Å²) < 4.78 is 5.05. The van der Waals surface area contributed by atoms with Gasteiger partial charge >= 0.3 is 0 Å². The van der Waals surface area contributed by atoms with Crippen molar-refractivity contribution in [1.82, 2.24) is 5.32 Å². The van der Waals surface area contributed by atoms with Crippen LogP contribution in [0.5, 0.6) is 0 Å². The lowest BCUT2D eigenvalue weighted by atomic mass is 10.1. The molecule has 6 heteroatoms. The summed E-state index contributed by atoms with van der Waals surface area (Å²) in [6, 6.07) is 5.18. The molecular formula is C14H23N3O3. The summed E-state index contributed by atoms with van der Waals surface area (Å²) in [4.78, 5) is 13.7. The van der Waals surface area contributed by atoms with Crippen molar-refractivity contribution < 1.29 is 14.6 Å². The van der Waals surface area contributed by atoms with Crippen LogP contribution in [0.15, 0.2) is 18.2 Å². The Kier molecular flexibility index (Phi) is 6.83. The van der Waals surface area contributed by atoms with Gasteiger partial charge in [-0.15, -0.1) is 0 Å². The van der Waals surface area contributed by atoms with Gasteiger partial charge in [0.1, 0.15) is 0 Å². The zero-order valence-corrected chi connectivity index (χ0v) is 12.1. The average molecular weight is 281 g/mol. The monoisotopic (exact) mass is 281 g/mol. The van der Waals surface area contributed by atoms with E-state index in [4.69, 9.17) is 15.6 Å². The standard InChI is InChI=1S/C14H23N3O3/c1-3-16-14(19)11-4-5-13(12(15)10-11)17(6-8-18)7-9-20-2/h4-5,10,18H,3,6-9,15H2,1-2H3,(H,16,19). The molecule has 0 atom stereocenters. The van der Waals surface area contributed by atoms with E-state index in [1.165, 1.54) is 0 Å². The number of hydrogen-bond acceptors (Lipinski definition) is 5. The molecule has 1 amide bonds. The van der Waals surface area contributed by atoms with Gasteiger partial charge in [-0.05, 0) is 25.1 Å². The van der Waals surface area contributed by atoms with Gasteiger partial charge in [-0.2, -0.15) is 0 Å². The minimum atomic E-state index is -0.142. The molecule has 20 heavy (non-hydrogen) atoms. The lowest BCUT2D eigenvalue weighted by Gasteiger charge is -2.25. The second-order valence-electron chi connectivity index (χ2n) is 4.34. The number of aliphatic hydroxyl groups excluding tert-OH is 1. The first kappa shape index (κ1) is 16.3. The Balaban J connectivity index is 2.91. The van der Waals surface area contributed by atoms with Gasteiger partial charge in [0.25, 0.3) is 5.91 Å². The van der Waals surface area contributed by atoms with Crippen molar-refractivity contribution in [3.8, 4) is 0 Å². The quantitative estimate of drug-likeness (QED) is 0.603. The molecule has 4 N–H and O–H groups in total. The number of rotatable bonds is 8. The zero-order chi connectivity index (χ0) is 15.0. The van der Waals surface area contributed by atoms with Gasteiger partial charge in [0.15, 0.2) is 0 Å². The second-order valence-corrected chi connectivity index (χ2v) is 4.34. The Morgan fingerprint density at radius 1 is 1.45 bits per heavy atom. The average Bonchev–Trinajstić information content (AvgIpc) is 2.44. The molecule has 112 valence electrons. The number of nitrogens with zero attached hydrogens (tertiary/aromatic N) is 1. The van der Waals surface area contributed by atoms with Crippen LogP contribution >= 0.6 is 0 Å². The van der Waals surface area contributed by atoms with Crippen LogP contribution in [0.4, 0.5) is 11.4 Å². The largest absolute Gasteiger partial charge is 0.397 e. The van der Waals surface area contributed by atoms with Gasteiger partial charge < -0.3 is 25.8 Å². The molecule has 0 aromatic heterocycles. The van der Waals surface area contributed by atoms with E-state index in [0.717, 1.165) is 5.69 Å². The van der Waals surface area contributed by atoms with E-state index < -0.39 is 0 Å². The summed E-state index contributed by atoms with van der Waals surface area (Å²) in [5.41, 5.74) is 7.85. The van der Waals surface area contributed by atoms with Crippen LogP contribution in [-0.2, 0) is 4.74 Å². The van der Waals surface area contributed by atoms with E-state index in [-0.39, 0.29) is 12.5 Å². The fraction of sp³-hybridized carbons (Fsp3) is 0.500. The van der Waals surface area contributed by atoms with Crippen molar-refractivity contribution in [3.63, 3.8) is 0 Å². The third-order valence-electron chi connectivity index (χ3n) is 2.90. The Hall–Kier alpha value is -1.79. The summed E-state index contributed by atoms with van der Waals surface area (Å²) >= 11 is 0. The summed E-state index contributed by atoms with van der Waals surface area (Å²) in [6.45, 7) is 4.10. The SMILES string of the molecule is CCNC(=O)c1ccc(N(CCO)CCOC)c(N)c1. The molecular weight excluding hydrogens is 258 g/mol. The van der Waals surface area contributed by atoms with Gasteiger partial charge in [0.05, 0.1) is 24.6 Å². The van der Waals surface area contributed by atoms with Crippen LogP contribution in [0.3, 0.4) is 0 Å². The lowest BCUT2D eigenvalue weighted by Crippen LogP contribution is -2.31. The summed E-state index contributed by atoms with van der Waals surface area (Å²) in [7, 11) is 1.62. The predicted molar refractivity (Wildman–Crippen MR) is 80.0 cm³/mol. The molecule has 0 saturated carbocycles. The smallest absolute Gasteiger partial charge is 0.251 e. The predicted octanol–water partition coefficient (Wildman–Crippen LogP) is 0.464. The number of nitrogen functional groups attached to an aromatic ring is 1. The first-order valence-corrected chi connectivity index (χ1v) is 6.66. The van der Waals surface area contributed by atoms with Crippen molar-refractivity contribution in [2.75, 3.05) is 50.6 Å². The van der Waals surface area contributed by atoms with Crippen molar-refractivity contribution in [3.05, 3.63) is 23.8 Å². The van der Waals surface area contributed by atoms with Crippen LogP contribution in [0, 0.1) is 0 Å². The maximum absolute atomic E-state index is 11.7. The molecule has 0 fully saturated rings. The van der Waals surface area contributed by atoms with Gasteiger partial charge in [-0.3, -0.25) is 4.79 Å². The first-order chi connectivity index (χ1) is 9.63. The van der Waals surface area contributed by atoms with Crippen LogP contribution < -0.4 is 16.0 Å². The van der Waals surface area contributed by atoms with Gasteiger partial charge in [-0.1, -0.05) is 0 Å². The van der Waals surface area contributed by atoms with Gasteiger partial charge in [0.2, 0.25) is 0 Å². The number of carbonyl (C=O) groups is 1. The van der Waals surface area contributed by atoms with Crippen molar-refractivity contribution in [1.29, 1.82) is 0 Å². The number of hydrogen-bond donors (Lipinski definition) is 3. The molecule has 0 aliphatic carbocycles. The molecule has 1 rings (SSSR count). The Labute approximate surface area is 119 Å². The topological polar surface area (TPSA) is 87.8 Å². The number of anilines is 2. The van der Waals surface area contributed by atoms with Crippen LogP contribution in [0.1, 0.15) is 17.3 Å².